The van der Waals surface area contributed by atoms with E-state index >= 15 is 0 Å². The van der Waals surface area contributed by atoms with Gasteiger partial charge in [0.05, 0.1) is 23.2 Å². The lowest BCUT2D eigenvalue weighted by molar-refractivity contribution is -0.130. The van der Waals surface area contributed by atoms with Gasteiger partial charge in [0.2, 0.25) is 11.8 Å². The third-order valence-electron chi connectivity index (χ3n) is 4.44. The number of amides is 2. The lowest BCUT2D eigenvalue weighted by Crippen LogP contribution is -2.34. The molecule has 0 aliphatic carbocycles. The van der Waals surface area contributed by atoms with Crippen molar-refractivity contribution in [1.82, 2.24) is 15.2 Å². The summed E-state index contributed by atoms with van der Waals surface area (Å²) in [5.74, 6) is -0.258. The second-order valence-electron chi connectivity index (χ2n) is 6.05. The number of nitrogens with zero attached hydrogens (tertiary/aromatic N) is 2. The summed E-state index contributed by atoms with van der Waals surface area (Å²) in [4.78, 5) is 30.6. The van der Waals surface area contributed by atoms with Crippen LogP contribution in [0.25, 0.3) is 0 Å². The molecule has 0 spiro atoms. The van der Waals surface area contributed by atoms with Crippen LogP contribution in [0, 0.1) is 5.92 Å². The third kappa shape index (κ3) is 3.82. The maximum atomic E-state index is 12.3. The summed E-state index contributed by atoms with van der Waals surface area (Å²) < 4.78 is 0. The van der Waals surface area contributed by atoms with Gasteiger partial charge in [0.1, 0.15) is 0 Å². The highest BCUT2D eigenvalue weighted by Crippen LogP contribution is 2.28. The van der Waals surface area contributed by atoms with E-state index in [4.69, 9.17) is 0 Å². The molecule has 2 atom stereocenters. The molecule has 1 aliphatic rings. The predicted molar refractivity (Wildman–Crippen MR) is 93.5 cm³/mol. The van der Waals surface area contributed by atoms with Crippen molar-refractivity contribution < 1.29 is 9.59 Å². The van der Waals surface area contributed by atoms with Crippen molar-refractivity contribution in [2.75, 3.05) is 13.1 Å². The van der Waals surface area contributed by atoms with E-state index in [9.17, 15) is 9.59 Å². The maximum Gasteiger partial charge on any atom is 0.225 e. The molecule has 0 saturated carbocycles. The average molecular weight is 343 g/mol. The van der Waals surface area contributed by atoms with Crippen molar-refractivity contribution in [2.45, 2.75) is 25.8 Å². The summed E-state index contributed by atoms with van der Waals surface area (Å²) in [7, 11) is 0. The Hall–Kier alpha value is -2.21. The Morgan fingerprint density at radius 1 is 1.42 bits per heavy atom. The zero-order chi connectivity index (χ0) is 16.9. The summed E-state index contributed by atoms with van der Waals surface area (Å²) in [6.45, 7) is 3.05. The van der Waals surface area contributed by atoms with Crippen LogP contribution in [0.2, 0.25) is 0 Å². The quantitative estimate of drug-likeness (QED) is 0.876. The molecule has 2 amide bonds. The standard InChI is InChI=1S/C18H21N3O2S/c1-13(14-5-3-2-4-6-14)21-10-15(9-17(21)22)18(23)19-8-7-16-11-24-12-20-16/h2-6,11-13,15H,7-10H2,1H3,(H,19,23)/t13-,15-/m1/s1. The summed E-state index contributed by atoms with van der Waals surface area (Å²) in [5.41, 5.74) is 3.87. The van der Waals surface area contributed by atoms with Gasteiger partial charge >= 0.3 is 0 Å². The predicted octanol–water partition coefficient (Wildman–Crippen LogP) is 2.41. The Labute approximate surface area is 145 Å². The van der Waals surface area contributed by atoms with Crippen LogP contribution in [-0.2, 0) is 16.0 Å². The van der Waals surface area contributed by atoms with Gasteiger partial charge in [-0.15, -0.1) is 11.3 Å². The maximum absolute atomic E-state index is 12.3. The molecular weight excluding hydrogens is 322 g/mol. The van der Waals surface area contributed by atoms with Crippen LogP contribution in [0.5, 0.6) is 0 Å². The number of carbonyl (C=O) groups is 2. The van der Waals surface area contributed by atoms with Gasteiger partial charge in [-0.3, -0.25) is 9.59 Å². The van der Waals surface area contributed by atoms with E-state index in [0.29, 0.717) is 19.5 Å². The topological polar surface area (TPSA) is 62.3 Å². The highest BCUT2D eigenvalue weighted by atomic mass is 32.1. The SMILES string of the molecule is C[C@H](c1ccccc1)N1C[C@H](C(=O)NCCc2cscn2)CC1=O. The number of likely N-dealkylation sites (tertiary alicyclic amines) is 1. The molecule has 0 unspecified atom stereocenters. The fraction of sp³-hybridized carbons (Fsp3) is 0.389. The van der Waals surface area contributed by atoms with Gasteiger partial charge in [0.25, 0.3) is 0 Å². The van der Waals surface area contributed by atoms with E-state index in [1.165, 1.54) is 0 Å². The van der Waals surface area contributed by atoms with Gasteiger partial charge in [0.15, 0.2) is 0 Å². The monoisotopic (exact) mass is 343 g/mol. The molecule has 5 nitrogen and oxygen atoms in total. The van der Waals surface area contributed by atoms with Gasteiger partial charge in [-0.1, -0.05) is 30.3 Å². The van der Waals surface area contributed by atoms with Crippen LogP contribution in [0.15, 0.2) is 41.2 Å². The molecule has 126 valence electrons. The van der Waals surface area contributed by atoms with Crippen molar-refractivity contribution in [3.05, 3.63) is 52.5 Å². The van der Waals surface area contributed by atoms with Crippen LogP contribution >= 0.6 is 11.3 Å². The first-order chi connectivity index (χ1) is 11.6. The van der Waals surface area contributed by atoms with Crippen LogP contribution in [-0.4, -0.2) is 34.8 Å². The highest BCUT2D eigenvalue weighted by Gasteiger charge is 2.36. The Bertz CT molecular complexity index is 688. The summed E-state index contributed by atoms with van der Waals surface area (Å²) in [6.07, 6.45) is 1.01. The molecule has 2 aromatic rings. The highest BCUT2D eigenvalue weighted by molar-refractivity contribution is 7.07. The Morgan fingerprint density at radius 3 is 2.92 bits per heavy atom. The van der Waals surface area contributed by atoms with Gasteiger partial charge in [-0.2, -0.15) is 0 Å². The lowest BCUT2D eigenvalue weighted by Gasteiger charge is -2.25. The molecule has 24 heavy (non-hydrogen) atoms. The van der Waals surface area contributed by atoms with Crippen molar-refractivity contribution in [3.8, 4) is 0 Å². The molecule has 6 heteroatoms. The number of aromatic nitrogens is 1. The molecule has 1 aromatic carbocycles. The molecule has 0 bridgehead atoms. The van der Waals surface area contributed by atoms with E-state index in [1.54, 1.807) is 21.7 Å². The van der Waals surface area contributed by atoms with E-state index < -0.39 is 0 Å². The second-order valence-corrected chi connectivity index (χ2v) is 6.77. The van der Waals surface area contributed by atoms with E-state index in [0.717, 1.165) is 17.7 Å². The Morgan fingerprint density at radius 2 is 2.21 bits per heavy atom. The van der Waals surface area contributed by atoms with Crippen LogP contribution in [0.4, 0.5) is 0 Å². The molecule has 1 N–H and O–H groups in total. The molecule has 0 radical (unpaired) electrons. The third-order valence-corrected chi connectivity index (χ3v) is 5.08. The van der Waals surface area contributed by atoms with Gasteiger partial charge in [-0.25, -0.2) is 4.98 Å². The van der Waals surface area contributed by atoms with Crippen molar-refractivity contribution in [3.63, 3.8) is 0 Å². The van der Waals surface area contributed by atoms with Crippen molar-refractivity contribution in [2.24, 2.45) is 5.92 Å². The number of hydrogen-bond donors (Lipinski definition) is 1. The minimum absolute atomic E-state index is 0.00786. The van der Waals surface area contributed by atoms with E-state index in [2.05, 4.69) is 10.3 Å². The number of carbonyl (C=O) groups excluding carboxylic acids is 2. The van der Waals surface area contributed by atoms with Gasteiger partial charge in [-0.05, 0) is 12.5 Å². The number of nitrogens with one attached hydrogen (secondary N) is 1. The molecule has 1 aliphatic heterocycles. The molecule has 3 rings (SSSR count). The van der Waals surface area contributed by atoms with Crippen LogP contribution in [0.3, 0.4) is 0 Å². The molecule has 1 aromatic heterocycles. The minimum atomic E-state index is -0.265. The molecule has 1 saturated heterocycles. The molecular formula is C18H21N3O2S. The fourth-order valence-corrected chi connectivity index (χ4v) is 3.61. The summed E-state index contributed by atoms with van der Waals surface area (Å²) in [5, 5.41) is 4.91. The number of hydrogen-bond acceptors (Lipinski definition) is 4. The van der Waals surface area contributed by atoms with Gasteiger partial charge < -0.3 is 10.2 Å². The van der Waals surface area contributed by atoms with Gasteiger partial charge in [0, 0.05) is 31.3 Å². The Kier molecular flexibility index (Phi) is 5.25. The second kappa shape index (κ2) is 7.57. The van der Waals surface area contributed by atoms with E-state index in [-0.39, 0.29) is 23.8 Å². The smallest absolute Gasteiger partial charge is 0.225 e. The first kappa shape index (κ1) is 16.6. The number of benzene rings is 1. The molecule has 1 fully saturated rings. The number of rotatable bonds is 6. The van der Waals surface area contributed by atoms with Crippen molar-refractivity contribution >= 4 is 23.2 Å². The summed E-state index contributed by atoms with van der Waals surface area (Å²) in [6, 6.07) is 9.91. The fourth-order valence-electron chi connectivity index (χ4n) is 3.01. The number of thiazole rings is 1. The average Bonchev–Trinajstić information content (AvgIpc) is 3.24. The normalized spacial score (nSPS) is 18.6. The lowest BCUT2D eigenvalue weighted by atomic mass is 10.1. The molecule has 2 heterocycles. The zero-order valence-electron chi connectivity index (χ0n) is 13.6. The van der Waals surface area contributed by atoms with Crippen molar-refractivity contribution in [1.29, 1.82) is 0 Å². The first-order valence-corrected chi connectivity index (χ1v) is 9.08. The largest absolute Gasteiger partial charge is 0.355 e. The van der Waals surface area contributed by atoms with E-state index in [1.807, 2.05) is 42.6 Å². The zero-order valence-corrected chi connectivity index (χ0v) is 14.5. The van der Waals surface area contributed by atoms with Crippen LogP contribution in [0.1, 0.15) is 30.6 Å². The summed E-state index contributed by atoms with van der Waals surface area (Å²) >= 11 is 1.55. The Balaban J connectivity index is 1.53. The minimum Gasteiger partial charge on any atom is -0.355 e. The first-order valence-electron chi connectivity index (χ1n) is 8.14. The van der Waals surface area contributed by atoms with Crippen LogP contribution < -0.4 is 5.32 Å².